The molecule has 0 aromatic rings. The quantitative estimate of drug-likeness (QED) is 0.749. The third-order valence-corrected chi connectivity index (χ3v) is 2.27. The Hall–Kier alpha value is -0.480. The lowest BCUT2D eigenvalue weighted by molar-refractivity contribution is 0.0503. The zero-order chi connectivity index (χ0) is 11.3. The number of carbonyl (C=O) groups is 1. The molecule has 0 aliphatic carbocycles. The molecule has 1 atom stereocenters. The normalized spacial score (nSPS) is 21.6. The lowest BCUT2D eigenvalue weighted by atomic mass is 10.1. The molecule has 0 spiro atoms. The number of rotatable bonds is 1. The van der Waals surface area contributed by atoms with Crippen molar-refractivity contribution in [3.63, 3.8) is 0 Å². The summed E-state index contributed by atoms with van der Waals surface area (Å²) in [5, 5.41) is 6.19. The van der Waals surface area contributed by atoms with Gasteiger partial charge in [0.15, 0.2) is 0 Å². The molecule has 96 valence electrons. The molecule has 5 heteroatoms. The van der Waals surface area contributed by atoms with Crippen molar-refractivity contribution in [1.29, 1.82) is 0 Å². The first-order valence-corrected chi connectivity index (χ1v) is 5.67. The van der Waals surface area contributed by atoms with Crippen LogP contribution < -0.4 is 10.6 Å². The van der Waals surface area contributed by atoms with Crippen molar-refractivity contribution in [3.05, 3.63) is 0 Å². The summed E-state index contributed by atoms with van der Waals surface area (Å²) in [6.45, 7) is 7.51. The van der Waals surface area contributed by atoms with Crippen LogP contribution in [-0.2, 0) is 4.74 Å². The van der Waals surface area contributed by atoms with Gasteiger partial charge in [-0.15, -0.1) is 12.4 Å². The van der Waals surface area contributed by atoms with Crippen LogP contribution in [0.5, 0.6) is 0 Å². The van der Waals surface area contributed by atoms with E-state index in [0.717, 1.165) is 25.9 Å². The number of hydrogen-bond donors (Lipinski definition) is 2. The van der Waals surface area contributed by atoms with Crippen LogP contribution in [0.25, 0.3) is 0 Å². The maximum atomic E-state index is 11.5. The van der Waals surface area contributed by atoms with Crippen LogP contribution >= 0.6 is 12.4 Å². The van der Waals surface area contributed by atoms with Gasteiger partial charge >= 0.3 is 6.09 Å². The van der Waals surface area contributed by atoms with Gasteiger partial charge in [0, 0.05) is 12.6 Å². The summed E-state index contributed by atoms with van der Waals surface area (Å²) in [5.74, 6) is 0. The van der Waals surface area contributed by atoms with Crippen LogP contribution in [0.2, 0.25) is 0 Å². The summed E-state index contributed by atoms with van der Waals surface area (Å²) in [4.78, 5) is 11.5. The number of ether oxygens (including phenoxy) is 1. The van der Waals surface area contributed by atoms with Crippen molar-refractivity contribution >= 4 is 18.5 Å². The van der Waals surface area contributed by atoms with Crippen molar-refractivity contribution in [2.45, 2.75) is 51.7 Å². The number of hydrogen-bond acceptors (Lipinski definition) is 3. The molecule has 16 heavy (non-hydrogen) atoms. The van der Waals surface area contributed by atoms with Crippen LogP contribution in [-0.4, -0.2) is 30.8 Å². The summed E-state index contributed by atoms with van der Waals surface area (Å²) < 4.78 is 5.20. The molecule has 1 fully saturated rings. The van der Waals surface area contributed by atoms with Crippen LogP contribution in [0.3, 0.4) is 0 Å². The zero-order valence-corrected chi connectivity index (χ0v) is 11.2. The Morgan fingerprint density at radius 1 is 1.38 bits per heavy atom. The second-order valence-corrected chi connectivity index (χ2v) is 5.04. The highest BCUT2D eigenvalue weighted by Gasteiger charge is 2.19. The molecule has 0 bridgehead atoms. The highest BCUT2D eigenvalue weighted by atomic mass is 35.5. The van der Waals surface area contributed by atoms with Crippen LogP contribution in [0.1, 0.15) is 40.0 Å². The van der Waals surface area contributed by atoms with Gasteiger partial charge in [0.1, 0.15) is 5.60 Å². The van der Waals surface area contributed by atoms with Crippen molar-refractivity contribution in [2.24, 2.45) is 0 Å². The lowest BCUT2D eigenvalue weighted by Gasteiger charge is -2.22. The Bertz CT molecular complexity index is 209. The molecule has 0 saturated carbocycles. The first-order valence-electron chi connectivity index (χ1n) is 5.67. The van der Waals surface area contributed by atoms with Gasteiger partial charge in [-0.25, -0.2) is 4.79 Å². The summed E-state index contributed by atoms with van der Waals surface area (Å²) in [5.41, 5.74) is -0.414. The van der Waals surface area contributed by atoms with E-state index in [1.807, 2.05) is 20.8 Å². The third kappa shape index (κ3) is 6.90. The van der Waals surface area contributed by atoms with Gasteiger partial charge < -0.3 is 15.4 Å². The summed E-state index contributed by atoms with van der Waals surface area (Å²) >= 11 is 0. The average molecular weight is 251 g/mol. The van der Waals surface area contributed by atoms with E-state index >= 15 is 0 Å². The van der Waals surface area contributed by atoms with E-state index < -0.39 is 5.60 Å². The number of amides is 1. The first kappa shape index (κ1) is 15.5. The Balaban J connectivity index is 0.00000225. The smallest absolute Gasteiger partial charge is 0.407 e. The maximum Gasteiger partial charge on any atom is 0.407 e. The van der Waals surface area contributed by atoms with E-state index in [1.54, 1.807) is 0 Å². The van der Waals surface area contributed by atoms with E-state index in [0.29, 0.717) is 0 Å². The molecule has 1 aliphatic heterocycles. The van der Waals surface area contributed by atoms with Crippen molar-refractivity contribution in [3.8, 4) is 0 Å². The molecule has 1 rings (SSSR count). The number of alkyl carbamates (subject to hydrolysis) is 1. The molecule has 0 aromatic carbocycles. The Morgan fingerprint density at radius 3 is 2.69 bits per heavy atom. The summed E-state index contributed by atoms with van der Waals surface area (Å²) in [6, 6.07) is 0.211. The summed E-state index contributed by atoms with van der Waals surface area (Å²) in [7, 11) is 0. The van der Waals surface area contributed by atoms with Gasteiger partial charge in [-0.1, -0.05) is 6.42 Å². The predicted molar refractivity (Wildman–Crippen MR) is 67.1 cm³/mol. The third-order valence-electron chi connectivity index (χ3n) is 2.27. The van der Waals surface area contributed by atoms with Crippen LogP contribution in [0.15, 0.2) is 0 Å². The average Bonchev–Trinajstić information content (AvgIpc) is 2.28. The van der Waals surface area contributed by atoms with Crippen molar-refractivity contribution < 1.29 is 9.53 Å². The van der Waals surface area contributed by atoms with Gasteiger partial charge in [-0.05, 0) is 40.2 Å². The van der Waals surface area contributed by atoms with E-state index in [-0.39, 0.29) is 24.5 Å². The van der Waals surface area contributed by atoms with E-state index in [2.05, 4.69) is 10.6 Å². The second kappa shape index (κ2) is 6.97. The monoisotopic (exact) mass is 250 g/mol. The van der Waals surface area contributed by atoms with E-state index in [1.165, 1.54) is 6.42 Å². The standard InChI is InChI=1S/C11H22N2O2.ClH/c1-11(2,3)15-10(14)13-9-6-4-5-7-12-8-9;/h9,12H,4-8H2,1-3H3,(H,13,14);1H/t9-;/m1./s1. The molecular formula is C11H23ClN2O2. The SMILES string of the molecule is CC(C)(C)OC(=O)N[C@@H]1CCCCNC1.Cl. The second-order valence-electron chi connectivity index (χ2n) is 5.04. The molecule has 1 saturated heterocycles. The van der Waals surface area contributed by atoms with Crippen LogP contribution in [0, 0.1) is 0 Å². The van der Waals surface area contributed by atoms with Gasteiger partial charge in [-0.3, -0.25) is 0 Å². The molecule has 0 radical (unpaired) electrons. The predicted octanol–water partition coefficient (Wildman–Crippen LogP) is 2.08. The van der Waals surface area contributed by atoms with E-state index in [4.69, 9.17) is 4.74 Å². The highest BCUT2D eigenvalue weighted by Crippen LogP contribution is 2.08. The molecular weight excluding hydrogens is 228 g/mol. The fraction of sp³-hybridized carbons (Fsp3) is 0.909. The first-order chi connectivity index (χ1) is 6.97. The fourth-order valence-corrected chi connectivity index (χ4v) is 1.62. The van der Waals surface area contributed by atoms with Gasteiger partial charge in [-0.2, -0.15) is 0 Å². The van der Waals surface area contributed by atoms with Crippen molar-refractivity contribution in [2.75, 3.05) is 13.1 Å². The topological polar surface area (TPSA) is 50.4 Å². The molecule has 1 amide bonds. The lowest BCUT2D eigenvalue weighted by Crippen LogP contribution is -2.43. The fourth-order valence-electron chi connectivity index (χ4n) is 1.62. The minimum absolute atomic E-state index is 0. The van der Waals surface area contributed by atoms with Gasteiger partial charge in [0.05, 0.1) is 0 Å². The van der Waals surface area contributed by atoms with Gasteiger partial charge in [0.25, 0.3) is 0 Å². The molecule has 0 unspecified atom stereocenters. The molecule has 0 aromatic heterocycles. The molecule has 4 nitrogen and oxygen atoms in total. The Labute approximate surface area is 104 Å². The minimum atomic E-state index is -0.414. The molecule has 2 N–H and O–H groups in total. The highest BCUT2D eigenvalue weighted by molar-refractivity contribution is 5.85. The largest absolute Gasteiger partial charge is 0.444 e. The number of halogens is 1. The zero-order valence-electron chi connectivity index (χ0n) is 10.3. The summed E-state index contributed by atoms with van der Waals surface area (Å²) in [6.07, 6.45) is 3.07. The Morgan fingerprint density at radius 2 is 2.06 bits per heavy atom. The van der Waals surface area contributed by atoms with Crippen molar-refractivity contribution in [1.82, 2.24) is 10.6 Å². The minimum Gasteiger partial charge on any atom is -0.444 e. The number of carbonyl (C=O) groups excluding carboxylic acids is 1. The van der Waals surface area contributed by atoms with Gasteiger partial charge in [0.2, 0.25) is 0 Å². The van der Waals surface area contributed by atoms with E-state index in [9.17, 15) is 4.79 Å². The molecule has 1 heterocycles. The maximum absolute atomic E-state index is 11.5. The number of nitrogens with one attached hydrogen (secondary N) is 2. The Kier molecular flexibility index (Phi) is 6.76. The van der Waals surface area contributed by atoms with Crippen LogP contribution in [0.4, 0.5) is 4.79 Å². The molecule has 1 aliphatic rings.